The van der Waals surface area contributed by atoms with Gasteiger partial charge in [0.15, 0.2) is 0 Å². The number of piperidine rings is 1. The highest BCUT2D eigenvalue weighted by Crippen LogP contribution is 2.17. The largest absolute Gasteiger partial charge is 0.356 e. The summed E-state index contributed by atoms with van der Waals surface area (Å²) in [5.74, 6) is -0.0150. The molecule has 6 heteroatoms. The summed E-state index contributed by atoms with van der Waals surface area (Å²) in [5.41, 5.74) is 0.577. The van der Waals surface area contributed by atoms with Crippen LogP contribution in [0.4, 0.5) is 14.9 Å². The summed E-state index contributed by atoms with van der Waals surface area (Å²) >= 11 is 0. The predicted molar refractivity (Wildman–Crippen MR) is 83.0 cm³/mol. The molecule has 1 heterocycles. The molecule has 2 N–H and O–H groups in total. The monoisotopic (exact) mass is 307 g/mol. The topological polar surface area (TPSA) is 61.4 Å². The predicted octanol–water partition coefficient (Wildman–Crippen LogP) is 2.60. The van der Waals surface area contributed by atoms with E-state index in [1.165, 1.54) is 24.3 Å². The van der Waals surface area contributed by atoms with Crippen molar-refractivity contribution in [2.75, 3.05) is 25.0 Å². The maximum Gasteiger partial charge on any atom is 0.321 e. The third-order valence-electron chi connectivity index (χ3n) is 3.81. The molecule has 1 fully saturated rings. The van der Waals surface area contributed by atoms with Crippen LogP contribution in [0.5, 0.6) is 0 Å². The summed E-state index contributed by atoms with van der Waals surface area (Å²) in [5, 5.41) is 5.65. The number of carbonyl (C=O) groups is 2. The minimum atomic E-state index is -0.331. The zero-order chi connectivity index (χ0) is 15.9. The molecule has 0 bridgehead atoms. The number of hydrogen-bond acceptors (Lipinski definition) is 2. The standard InChI is InChI=1S/C16H22FN3O2/c1-2-15(21)18-10-12-4-3-9-20(11-12)16(22)19-14-7-5-13(17)6-8-14/h5-8,12H,2-4,9-11H2,1H3,(H,18,21)(H,19,22)/t12-/m0/s1. The first-order valence-corrected chi connectivity index (χ1v) is 7.66. The average Bonchev–Trinajstić information content (AvgIpc) is 2.55. The third-order valence-corrected chi connectivity index (χ3v) is 3.81. The second-order valence-corrected chi connectivity index (χ2v) is 5.55. The van der Waals surface area contributed by atoms with Gasteiger partial charge in [-0.3, -0.25) is 4.79 Å². The van der Waals surface area contributed by atoms with Crippen molar-refractivity contribution < 1.29 is 14.0 Å². The minimum Gasteiger partial charge on any atom is -0.356 e. The molecule has 5 nitrogen and oxygen atoms in total. The SMILES string of the molecule is CCC(=O)NC[C@@H]1CCCN(C(=O)Nc2ccc(F)cc2)C1. The van der Waals surface area contributed by atoms with Crippen molar-refractivity contribution in [2.24, 2.45) is 5.92 Å². The van der Waals surface area contributed by atoms with E-state index in [2.05, 4.69) is 10.6 Å². The van der Waals surface area contributed by atoms with Gasteiger partial charge in [-0.25, -0.2) is 9.18 Å². The molecule has 1 saturated heterocycles. The van der Waals surface area contributed by atoms with Gasteiger partial charge in [-0.15, -0.1) is 0 Å². The fourth-order valence-electron chi connectivity index (χ4n) is 2.54. The Bertz CT molecular complexity index is 519. The van der Waals surface area contributed by atoms with Crippen LogP contribution in [0.2, 0.25) is 0 Å². The highest BCUT2D eigenvalue weighted by atomic mass is 19.1. The van der Waals surface area contributed by atoms with E-state index in [0.29, 0.717) is 31.7 Å². The van der Waals surface area contributed by atoms with E-state index in [1.807, 2.05) is 6.92 Å². The Kier molecular flexibility index (Phi) is 5.75. The van der Waals surface area contributed by atoms with Gasteiger partial charge in [0.1, 0.15) is 5.82 Å². The Morgan fingerprint density at radius 2 is 2.05 bits per heavy atom. The van der Waals surface area contributed by atoms with E-state index < -0.39 is 0 Å². The molecule has 0 saturated carbocycles. The van der Waals surface area contributed by atoms with E-state index in [9.17, 15) is 14.0 Å². The van der Waals surface area contributed by atoms with E-state index in [4.69, 9.17) is 0 Å². The van der Waals surface area contributed by atoms with Gasteiger partial charge in [0.25, 0.3) is 0 Å². The lowest BCUT2D eigenvalue weighted by Gasteiger charge is -2.32. The Morgan fingerprint density at radius 3 is 2.73 bits per heavy atom. The number of likely N-dealkylation sites (tertiary alicyclic amines) is 1. The van der Waals surface area contributed by atoms with Gasteiger partial charge in [-0.05, 0) is 43.0 Å². The van der Waals surface area contributed by atoms with E-state index >= 15 is 0 Å². The zero-order valence-corrected chi connectivity index (χ0v) is 12.8. The summed E-state index contributed by atoms with van der Waals surface area (Å²) in [6.45, 7) is 3.74. The summed E-state index contributed by atoms with van der Waals surface area (Å²) in [6, 6.07) is 5.52. The lowest BCUT2D eigenvalue weighted by atomic mass is 9.98. The molecule has 120 valence electrons. The van der Waals surface area contributed by atoms with Gasteiger partial charge >= 0.3 is 6.03 Å². The van der Waals surface area contributed by atoms with Crippen LogP contribution in [0.3, 0.4) is 0 Å². The number of nitrogens with zero attached hydrogens (tertiary/aromatic N) is 1. The number of amides is 3. The number of urea groups is 1. The Morgan fingerprint density at radius 1 is 1.32 bits per heavy atom. The van der Waals surface area contributed by atoms with Gasteiger partial charge in [0.05, 0.1) is 0 Å². The molecular formula is C16H22FN3O2. The van der Waals surface area contributed by atoms with Crippen LogP contribution in [-0.2, 0) is 4.79 Å². The molecule has 1 aliphatic heterocycles. The van der Waals surface area contributed by atoms with Crippen LogP contribution in [0.15, 0.2) is 24.3 Å². The molecule has 1 aliphatic rings. The molecule has 22 heavy (non-hydrogen) atoms. The third kappa shape index (κ3) is 4.72. The van der Waals surface area contributed by atoms with Crippen molar-refractivity contribution in [1.29, 1.82) is 0 Å². The smallest absolute Gasteiger partial charge is 0.321 e. The fourth-order valence-corrected chi connectivity index (χ4v) is 2.54. The number of benzene rings is 1. The Labute approximate surface area is 129 Å². The highest BCUT2D eigenvalue weighted by molar-refractivity contribution is 5.89. The number of halogens is 1. The van der Waals surface area contributed by atoms with Gasteiger partial charge in [0, 0.05) is 31.7 Å². The Hall–Kier alpha value is -2.11. The number of carbonyl (C=O) groups excluding carboxylic acids is 2. The van der Waals surface area contributed by atoms with Crippen molar-refractivity contribution in [3.05, 3.63) is 30.1 Å². The van der Waals surface area contributed by atoms with Crippen LogP contribution in [0.1, 0.15) is 26.2 Å². The first-order valence-electron chi connectivity index (χ1n) is 7.66. The molecule has 0 aromatic heterocycles. The number of rotatable bonds is 4. The molecule has 0 unspecified atom stereocenters. The summed E-state index contributed by atoms with van der Waals surface area (Å²) in [6.07, 6.45) is 2.40. The van der Waals surface area contributed by atoms with Crippen molar-refractivity contribution >= 4 is 17.6 Å². The Balaban J connectivity index is 1.84. The first-order chi connectivity index (χ1) is 10.6. The van der Waals surface area contributed by atoms with E-state index in [0.717, 1.165) is 12.8 Å². The van der Waals surface area contributed by atoms with E-state index in [-0.39, 0.29) is 23.7 Å². The minimum absolute atomic E-state index is 0.0351. The normalized spacial score (nSPS) is 17.9. The molecule has 1 aromatic rings. The number of anilines is 1. The van der Waals surface area contributed by atoms with Gasteiger partial charge < -0.3 is 15.5 Å². The molecule has 3 amide bonds. The van der Waals surface area contributed by atoms with Crippen molar-refractivity contribution in [3.8, 4) is 0 Å². The molecular weight excluding hydrogens is 285 g/mol. The molecule has 0 radical (unpaired) electrons. The second-order valence-electron chi connectivity index (χ2n) is 5.55. The summed E-state index contributed by atoms with van der Waals surface area (Å²) in [4.78, 5) is 25.3. The maximum atomic E-state index is 12.9. The summed E-state index contributed by atoms with van der Waals surface area (Å²) in [7, 11) is 0. The van der Waals surface area contributed by atoms with E-state index in [1.54, 1.807) is 4.90 Å². The molecule has 2 rings (SSSR count). The molecule has 0 spiro atoms. The van der Waals surface area contributed by atoms with Crippen LogP contribution in [-0.4, -0.2) is 36.5 Å². The summed E-state index contributed by atoms with van der Waals surface area (Å²) < 4.78 is 12.9. The van der Waals surface area contributed by atoms with Gasteiger partial charge in [0.2, 0.25) is 5.91 Å². The van der Waals surface area contributed by atoms with Crippen LogP contribution >= 0.6 is 0 Å². The van der Waals surface area contributed by atoms with Crippen LogP contribution < -0.4 is 10.6 Å². The van der Waals surface area contributed by atoms with Crippen LogP contribution in [0.25, 0.3) is 0 Å². The van der Waals surface area contributed by atoms with Gasteiger partial charge in [-0.2, -0.15) is 0 Å². The maximum absolute atomic E-state index is 12.9. The number of nitrogens with one attached hydrogen (secondary N) is 2. The first kappa shape index (κ1) is 16.3. The quantitative estimate of drug-likeness (QED) is 0.898. The molecule has 1 atom stereocenters. The van der Waals surface area contributed by atoms with Crippen molar-refractivity contribution in [2.45, 2.75) is 26.2 Å². The van der Waals surface area contributed by atoms with Gasteiger partial charge in [-0.1, -0.05) is 6.92 Å². The number of hydrogen-bond donors (Lipinski definition) is 2. The molecule has 0 aliphatic carbocycles. The van der Waals surface area contributed by atoms with Crippen LogP contribution in [0, 0.1) is 11.7 Å². The highest BCUT2D eigenvalue weighted by Gasteiger charge is 2.23. The van der Waals surface area contributed by atoms with Crippen molar-refractivity contribution in [1.82, 2.24) is 10.2 Å². The lowest BCUT2D eigenvalue weighted by Crippen LogP contribution is -2.45. The second kappa shape index (κ2) is 7.77. The van der Waals surface area contributed by atoms with Crippen molar-refractivity contribution in [3.63, 3.8) is 0 Å². The average molecular weight is 307 g/mol. The fraction of sp³-hybridized carbons (Fsp3) is 0.500. The lowest BCUT2D eigenvalue weighted by molar-refractivity contribution is -0.121. The zero-order valence-electron chi connectivity index (χ0n) is 12.8. The molecule has 1 aromatic carbocycles.